The lowest BCUT2D eigenvalue weighted by molar-refractivity contribution is 0.0660. The molecule has 1 saturated heterocycles. The van der Waals surface area contributed by atoms with Gasteiger partial charge in [-0.1, -0.05) is 18.2 Å². The fraction of sp³-hybridized carbons (Fsp3) is 0.263. The van der Waals surface area contributed by atoms with Crippen LogP contribution in [0.2, 0.25) is 0 Å². The van der Waals surface area contributed by atoms with E-state index in [9.17, 15) is 13.2 Å². The molecule has 1 aliphatic heterocycles. The van der Waals surface area contributed by atoms with E-state index in [2.05, 4.69) is 4.98 Å². The Kier molecular flexibility index (Phi) is 4.03. The van der Waals surface area contributed by atoms with Crippen LogP contribution in [0.15, 0.2) is 53.1 Å². The van der Waals surface area contributed by atoms with E-state index in [1.165, 1.54) is 6.26 Å². The average Bonchev–Trinajstić information content (AvgIpc) is 3.04. The van der Waals surface area contributed by atoms with Crippen LogP contribution in [0.5, 0.6) is 0 Å². The highest BCUT2D eigenvalue weighted by molar-refractivity contribution is 7.91. The van der Waals surface area contributed by atoms with Crippen molar-refractivity contribution in [3.63, 3.8) is 0 Å². The predicted octanol–water partition coefficient (Wildman–Crippen LogP) is 2.58. The minimum absolute atomic E-state index is 0.137. The third kappa shape index (κ3) is 2.99. The number of likely N-dealkylation sites (tertiary alicyclic amines) is 1. The first kappa shape index (κ1) is 16.8. The van der Waals surface area contributed by atoms with Crippen molar-refractivity contribution in [3.8, 4) is 0 Å². The van der Waals surface area contributed by atoms with E-state index < -0.39 is 15.1 Å². The number of furan rings is 1. The lowest BCUT2D eigenvalue weighted by atomic mass is 10.1. The van der Waals surface area contributed by atoms with E-state index in [0.29, 0.717) is 16.8 Å². The number of benzene rings is 1. The van der Waals surface area contributed by atoms with E-state index >= 15 is 0 Å². The molecule has 0 unspecified atom stereocenters. The quantitative estimate of drug-likeness (QED) is 0.705. The molecule has 134 valence electrons. The van der Waals surface area contributed by atoms with Crippen molar-refractivity contribution < 1.29 is 17.6 Å². The molecule has 1 aliphatic rings. The summed E-state index contributed by atoms with van der Waals surface area (Å²) in [4.78, 5) is 18.9. The number of sulfone groups is 1. The molecule has 0 spiro atoms. The Morgan fingerprint density at radius 2 is 2.00 bits per heavy atom. The summed E-state index contributed by atoms with van der Waals surface area (Å²) in [5.74, 6) is 0.100. The molecule has 0 atom stereocenters. The standard InChI is InChI=1S/C19H18N2O4S/c1-13-7-8-14-4-2-6-17(18(14)20-13)19(22)21-10-16(11-21)26(23,24)12-15-5-3-9-25-15/h2-9,16H,10-12H2,1H3. The number of amides is 1. The third-order valence-corrected chi connectivity index (χ3v) is 6.66. The van der Waals surface area contributed by atoms with E-state index in [1.54, 1.807) is 23.1 Å². The molecule has 7 heteroatoms. The van der Waals surface area contributed by atoms with Gasteiger partial charge in [0.15, 0.2) is 9.84 Å². The first-order valence-electron chi connectivity index (χ1n) is 8.34. The van der Waals surface area contributed by atoms with Gasteiger partial charge >= 0.3 is 0 Å². The molecule has 0 bridgehead atoms. The normalized spacial score (nSPS) is 15.2. The Bertz CT molecular complexity index is 1070. The molecule has 1 amide bonds. The number of fused-ring (bicyclic) bond motifs is 1. The van der Waals surface area contributed by atoms with Crippen molar-refractivity contribution in [2.75, 3.05) is 13.1 Å². The van der Waals surface area contributed by atoms with Crippen molar-refractivity contribution in [2.45, 2.75) is 17.9 Å². The third-order valence-electron chi connectivity index (χ3n) is 4.66. The lowest BCUT2D eigenvalue weighted by Crippen LogP contribution is -2.57. The summed E-state index contributed by atoms with van der Waals surface area (Å²) in [5.41, 5.74) is 1.99. The van der Waals surface area contributed by atoms with Crippen molar-refractivity contribution >= 4 is 26.6 Å². The van der Waals surface area contributed by atoms with Gasteiger partial charge in [-0.25, -0.2) is 8.42 Å². The maximum absolute atomic E-state index is 12.8. The van der Waals surface area contributed by atoms with Crippen LogP contribution in [0, 0.1) is 6.92 Å². The molecule has 6 nitrogen and oxygen atoms in total. The Morgan fingerprint density at radius 1 is 1.19 bits per heavy atom. The number of para-hydroxylation sites is 1. The number of hydrogen-bond donors (Lipinski definition) is 0. The number of nitrogens with zero attached hydrogens (tertiary/aromatic N) is 2. The van der Waals surface area contributed by atoms with Crippen LogP contribution in [0.25, 0.3) is 10.9 Å². The molecular weight excluding hydrogens is 352 g/mol. The summed E-state index contributed by atoms with van der Waals surface area (Å²) in [7, 11) is -3.35. The monoisotopic (exact) mass is 370 g/mol. The molecule has 0 N–H and O–H groups in total. The molecule has 26 heavy (non-hydrogen) atoms. The molecule has 3 aromatic rings. The molecular formula is C19H18N2O4S. The molecule has 2 aromatic heterocycles. The Morgan fingerprint density at radius 3 is 2.73 bits per heavy atom. The zero-order chi connectivity index (χ0) is 18.3. The Labute approximate surface area is 151 Å². The van der Waals surface area contributed by atoms with Gasteiger partial charge in [-0.2, -0.15) is 0 Å². The molecule has 1 fully saturated rings. The summed E-state index contributed by atoms with van der Waals surface area (Å²) in [5, 5.41) is 0.338. The minimum atomic E-state index is -3.35. The van der Waals surface area contributed by atoms with E-state index in [0.717, 1.165) is 11.1 Å². The predicted molar refractivity (Wildman–Crippen MR) is 97.5 cm³/mol. The van der Waals surface area contributed by atoms with Crippen LogP contribution in [0.1, 0.15) is 21.8 Å². The van der Waals surface area contributed by atoms with Crippen molar-refractivity contribution in [1.82, 2.24) is 9.88 Å². The van der Waals surface area contributed by atoms with Gasteiger partial charge in [-0.05, 0) is 31.2 Å². The van der Waals surface area contributed by atoms with Crippen LogP contribution in [0.4, 0.5) is 0 Å². The van der Waals surface area contributed by atoms with Crippen molar-refractivity contribution in [1.29, 1.82) is 0 Å². The number of aryl methyl sites for hydroxylation is 1. The zero-order valence-electron chi connectivity index (χ0n) is 14.3. The fourth-order valence-electron chi connectivity index (χ4n) is 3.13. The summed E-state index contributed by atoms with van der Waals surface area (Å²) in [6.45, 7) is 2.27. The lowest BCUT2D eigenvalue weighted by Gasteiger charge is -2.38. The Hall–Kier alpha value is -2.67. The average molecular weight is 370 g/mol. The minimum Gasteiger partial charge on any atom is -0.468 e. The number of carbonyl (C=O) groups is 1. The zero-order valence-corrected chi connectivity index (χ0v) is 15.1. The van der Waals surface area contributed by atoms with E-state index in [4.69, 9.17) is 4.42 Å². The maximum Gasteiger partial charge on any atom is 0.256 e. The first-order valence-corrected chi connectivity index (χ1v) is 10.1. The SMILES string of the molecule is Cc1ccc2cccc(C(=O)N3CC(S(=O)(=O)Cc4ccco4)C3)c2n1. The van der Waals surface area contributed by atoms with Crippen molar-refractivity contribution in [2.24, 2.45) is 0 Å². The molecule has 0 saturated carbocycles. The van der Waals surface area contributed by atoms with Crippen LogP contribution >= 0.6 is 0 Å². The van der Waals surface area contributed by atoms with Gasteiger partial charge in [0, 0.05) is 24.2 Å². The maximum atomic E-state index is 12.8. The highest BCUT2D eigenvalue weighted by Crippen LogP contribution is 2.25. The van der Waals surface area contributed by atoms with E-state index in [-0.39, 0.29) is 24.7 Å². The molecule has 0 aliphatic carbocycles. The number of aromatic nitrogens is 1. The molecule has 1 aromatic carbocycles. The smallest absolute Gasteiger partial charge is 0.256 e. The largest absolute Gasteiger partial charge is 0.468 e. The summed E-state index contributed by atoms with van der Waals surface area (Å²) >= 11 is 0. The Balaban J connectivity index is 1.51. The van der Waals surface area contributed by atoms with Gasteiger partial charge in [-0.3, -0.25) is 9.78 Å². The van der Waals surface area contributed by atoms with Crippen LogP contribution in [-0.4, -0.2) is 42.5 Å². The molecule has 3 heterocycles. The fourth-order valence-corrected chi connectivity index (χ4v) is 4.74. The number of hydrogen-bond acceptors (Lipinski definition) is 5. The molecule has 0 radical (unpaired) electrons. The van der Waals surface area contributed by atoms with Crippen LogP contribution in [-0.2, 0) is 15.6 Å². The van der Waals surface area contributed by atoms with Gasteiger partial charge in [0.05, 0.1) is 22.6 Å². The van der Waals surface area contributed by atoms with Gasteiger partial charge in [0.25, 0.3) is 5.91 Å². The van der Waals surface area contributed by atoms with Crippen molar-refractivity contribution in [3.05, 3.63) is 65.7 Å². The highest BCUT2D eigenvalue weighted by Gasteiger charge is 2.40. The topological polar surface area (TPSA) is 80.5 Å². The second-order valence-corrected chi connectivity index (χ2v) is 8.83. The van der Waals surface area contributed by atoms with Crippen LogP contribution in [0.3, 0.4) is 0 Å². The second kappa shape index (κ2) is 6.25. The molecule has 4 rings (SSSR count). The summed E-state index contributed by atoms with van der Waals surface area (Å²) in [6, 6.07) is 12.6. The van der Waals surface area contributed by atoms with E-state index in [1.807, 2.05) is 31.2 Å². The van der Waals surface area contributed by atoms with Crippen LogP contribution < -0.4 is 0 Å². The van der Waals surface area contributed by atoms with Gasteiger partial charge < -0.3 is 9.32 Å². The van der Waals surface area contributed by atoms with Gasteiger partial charge in [0.2, 0.25) is 0 Å². The van der Waals surface area contributed by atoms with Gasteiger partial charge in [0.1, 0.15) is 11.5 Å². The van der Waals surface area contributed by atoms with Gasteiger partial charge in [-0.15, -0.1) is 0 Å². The number of pyridine rings is 1. The summed E-state index contributed by atoms with van der Waals surface area (Å²) < 4.78 is 30.0. The highest BCUT2D eigenvalue weighted by atomic mass is 32.2. The number of carbonyl (C=O) groups excluding carboxylic acids is 1. The second-order valence-electron chi connectivity index (χ2n) is 6.55. The number of rotatable bonds is 4. The first-order chi connectivity index (χ1) is 12.4. The summed E-state index contributed by atoms with van der Waals surface area (Å²) in [6.07, 6.45) is 1.46.